The molecule has 3 heterocycles. The molecular weight excluding hydrogens is 420 g/mol. The van der Waals surface area contributed by atoms with E-state index in [0.29, 0.717) is 17.1 Å². The number of carbonyl (C=O) groups excluding carboxylic acids is 1. The second kappa shape index (κ2) is 8.35. The molecule has 0 aliphatic carbocycles. The molecule has 1 aromatic carbocycles. The number of halogens is 1. The van der Waals surface area contributed by atoms with Crippen LogP contribution in [0.15, 0.2) is 59.5 Å². The lowest BCUT2D eigenvalue weighted by Gasteiger charge is -2.17. The molecule has 142 valence electrons. The Labute approximate surface area is 171 Å². The van der Waals surface area contributed by atoms with Crippen LogP contribution in [-0.4, -0.2) is 34.2 Å². The van der Waals surface area contributed by atoms with E-state index in [1.165, 1.54) is 19.0 Å². The summed E-state index contributed by atoms with van der Waals surface area (Å²) >= 11 is 3.32. The zero-order valence-corrected chi connectivity index (χ0v) is 16.7. The third kappa shape index (κ3) is 4.45. The molecule has 7 nitrogen and oxygen atoms in total. The first-order chi connectivity index (χ1) is 13.7. The smallest absolute Gasteiger partial charge is 0.257 e. The van der Waals surface area contributed by atoms with Gasteiger partial charge in [0.15, 0.2) is 5.82 Å². The number of anilines is 4. The normalized spacial score (nSPS) is 13.4. The average molecular weight is 439 g/mol. The van der Waals surface area contributed by atoms with Gasteiger partial charge in [-0.15, -0.1) is 5.10 Å². The van der Waals surface area contributed by atoms with E-state index in [4.69, 9.17) is 0 Å². The number of rotatable bonds is 5. The highest BCUT2D eigenvalue weighted by Crippen LogP contribution is 2.23. The maximum atomic E-state index is 12.3. The monoisotopic (exact) mass is 438 g/mol. The Balaban J connectivity index is 1.41. The topological polar surface area (TPSA) is 83.0 Å². The number of aromatic nitrogens is 3. The minimum Gasteiger partial charge on any atom is -0.370 e. The molecule has 1 fully saturated rings. The Bertz CT molecular complexity index is 972. The van der Waals surface area contributed by atoms with Crippen molar-refractivity contribution in [3.63, 3.8) is 0 Å². The first-order valence-electron chi connectivity index (χ1n) is 9.04. The molecule has 8 heteroatoms. The third-order valence-corrected chi connectivity index (χ3v) is 4.93. The quantitative estimate of drug-likeness (QED) is 0.619. The summed E-state index contributed by atoms with van der Waals surface area (Å²) in [6, 6.07) is 11.2. The Morgan fingerprint density at radius 3 is 2.50 bits per heavy atom. The van der Waals surface area contributed by atoms with E-state index in [1.54, 1.807) is 18.5 Å². The van der Waals surface area contributed by atoms with E-state index < -0.39 is 0 Å². The predicted molar refractivity (Wildman–Crippen MR) is 113 cm³/mol. The van der Waals surface area contributed by atoms with Gasteiger partial charge in [-0.25, -0.2) is 0 Å². The summed E-state index contributed by atoms with van der Waals surface area (Å²) in [5.41, 5.74) is 3.15. The van der Waals surface area contributed by atoms with Gasteiger partial charge in [-0.05, 0) is 59.1 Å². The van der Waals surface area contributed by atoms with Crippen LogP contribution < -0.4 is 15.5 Å². The molecule has 1 aliphatic rings. The van der Waals surface area contributed by atoms with Crippen molar-refractivity contribution < 1.29 is 4.79 Å². The molecule has 0 spiro atoms. The Morgan fingerprint density at radius 1 is 1.00 bits per heavy atom. The maximum Gasteiger partial charge on any atom is 0.257 e. The predicted octanol–water partition coefficient (Wildman–Crippen LogP) is 4.23. The SMILES string of the molecule is O=C(Nc1ccc(Nc2cc(N3CCCC3)cnn2)cc1)c1cncc(Br)c1. The second-order valence-electron chi connectivity index (χ2n) is 6.54. The number of benzene rings is 1. The molecule has 0 bridgehead atoms. The number of amides is 1. The van der Waals surface area contributed by atoms with Gasteiger partial charge in [0.2, 0.25) is 0 Å². The molecule has 28 heavy (non-hydrogen) atoms. The fourth-order valence-electron chi connectivity index (χ4n) is 3.09. The van der Waals surface area contributed by atoms with Crippen LogP contribution in [0.4, 0.5) is 22.9 Å². The maximum absolute atomic E-state index is 12.3. The fraction of sp³-hybridized carbons (Fsp3) is 0.200. The number of nitrogens with zero attached hydrogens (tertiary/aromatic N) is 4. The summed E-state index contributed by atoms with van der Waals surface area (Å²) in [4.78, 5) is 18.6. The summed E-state index contributed by atoms with van der Waals surface area (Å²) in [7, 11) is 0. The summed E-state index contributed by atoms with van der Waals surface area (Å²) in [6.07, 6.45) is 7.40. The molecule has 1 aliphatic heterocycles. The minimum absolute atomic E-state index is 0.210. The fourth-order valence-corrected chi connectivity index (χ4v) is 3.45. The van der Waals surface area contributed by atoms with Gasteiger partial charge >= 0.3 is 0 Å². The largest absolute Gasteiger partial charge is 0.370 e. The number of hydrogen-bond donors (Lipinski definition) is 2. The van der Waals surface area contributed by atoms with E-state index in [-0.39, 0.29) is 5.91 Å². The zero-order valence-electron chi connectivity index (χ0n) is 15.1. The first kappa shape index (κ1) is 18.4. The third-order valence-electron chi connectivity index (χ3n) is 4.49. The van der Waals surface area contributed by atoms with Crippen LogP contribution >= 0.6 is 15.9 Å². The lowest BCUT2D eigenvalue weighted by molar-refractivity contribution is 0.102. The lowest BCUT2D eigenvalue weighted by Crippen LogP contribution is -2.18. The second-order valence-corrected chi connectivity index (χ2v) is 7.46. The van der Waals surface area contributed by atoms with Crippen molar-refractivity contribution in [1.82, 2.24) is 15.2 Å². The van der Waals surface area contributed by atoms with E-state index in [2.05, 4.69) is 46.6 Å². The van der Waals surface area contributed by atoms with Crippen molar-refractivity contribution in [3.05, 3.63) is 65.0 Å². The van der Waals surface area contributed by atoms with Crippen LogP contribution in [0.2, 0.25) is 0 Å². The van der Waals surface area contributed by atoms with Gasteiger partial charge in [0, 0.05) is 47.4 Å². The number of carbonyl (C=O) groups is 1. The van der Waals surface area contributed by atoms with Crippen molar-refractivity contribution in [2.45, 2.75) is 12.8 Å². The van der Waals surface area contributed by atoms with E-state index >= 15 is 0 Å². The van der Waals surface area contributed by atoms with Gasteiger partial charge in [-0.1, -0.05) is 0 Å². The zero-order chi connectivity index (χ0) is 19.3. The van der Waals surface area contributed by atoms with Crippen LogP contribution in [0.3, 0.4) is 0 Å². The molecular formula is C20H19BrN6O. The van der Waals surface area contributed by atoms with Gasteiger partial charge < -0.3 is 15.5 Å². The molecule has 4 rings (SSSR count). The molecule has 0 saturated carbocycles. The van der Waals surface area contributed by atoms with Crippen molar-refractivity contribution in [2.75, 3.05) is 28.6 Å². The molecule has 3 aromatic rings. The van der Waals surface area contributed by atoms with Crippen LogP contribution in [0.25, 0.3) is 0 Å². The summed E-state index contributed by atoms with van der Waals surface area (Å²) in [5, 5.41) is 14.4. The van der Waals surface area contributed by atoms with Crippen molar-refractivity contribution in [1.29, 1.82) is 0 Å². The molecule has 0 atom stereocenters. The molecule has 2 aromatic heterocycles. The van der Waals surface area contributed by atoms with Crippen LogP contribution in [-0.2, 0) is 0 Å². The van der Waals surface area contributed by atoms with Gasteiger partial charge in [0.05, 0.1) is 17.4 Å². The number of pyridine rings is 1. The molecule has 2 N–H and O–H groups in total. The molecule has 1 saturated heterocycles. The van der Waals surface area contributed by atoms with Crippen molar-refractivity contribution in [2.24, 2.45) is 0 Å². The molecule has 0 radical (unpaired) electrons. The Hall–Kier alpha value is -3.00. The first-order valence-corrected chi connectivity index (χ1v) is 9.83. The summed E-state index contributed by atoms with van der Waals surface area (Å²) in [5.74, 6) is 0.486. The van der Waals surface area contributed by atoms with E-state index in [0.717, 1.165) is 28.9 Å². The summed E-state index contributed by atoms with van der Waals surface area (Å²) in [6.45, 7) is 2.13. The van der Waals surface area contributed by atoms with Gasteiger partial charge in [-0.2, -0.15) is 5.10 Å². The molecule has 1 amide bonds. The Kier molecular flexibility index (Phi) is 5.48. The number of nitrogens with one attached hydrogen (secondary N) is 2. The van der Waals surface area contributed by atoms with Crippen LogP contribution in [0.5, 0.6) is 0 Å². The van der Waals surface area contributed by atoms with Gasteiger partial charge in [0.25, 0.3) is 5.91 Å². The van der Waals surface area contributed by atoms with Crippen molar-refractivity contribution in [3.8, 4) is 0 Å². The van der Waals surface area contributed by atoms with E-state index in [9.17, 15) is 4.79 Å². The van der Waals surface area contributed by atoms with Gasteiger partial charge in [-0.3, -0.25) is 9.78 Å². The standard InChI is InChI=1S/C20H19BrN6O/c21-15-9-14(11-22-12-15)20(28)25-17-5-3-16(4-6-17)24-19-10-18(13-23-26-19)27-7-1-2-8-27/h3-6,9-13H,1-2,7-8H2,(H,24,26)(H,25,28). The average Bonchev–Trinajstić information content (AvgIpc) is 3.25. The number of hydrogen-bond acceptors (Lipinski definition) is 6. The highest BCUT2D eigenvalue weighted by atomic mass is 79.9. The van der Waals surface area contributed by atoms with E-state index in [1.807, 2.05) is 30.3 Å². The van der Waals surface area contributed by atoms with Gasteiger partial charge in [0.1, 0.15) is 0 Å². The summed E-state index contributed by atoms with van der Waals surface area (Å²) < 4.78 is 0.761. The minimum atomic E-state index is -0.210. The lowest BCUT2D eigenvalue weighted by atomic mass is 10.2. The van der Waals surface area contributed by atoms with Crippen LogP contribution in [0.1, 0.15) is 23.2 Å². The van der Waals surface area contributed by atoms with Crippen LogP contribution in [0, 0.1) is 0 Å². The van der Waals surface area contributed by atoms with Crippen molar-refractivity contribution >= 4 is 44.7 Å². The Morgan fingerprint density at radius 2 is 1.75 bits per heavy atom. The highest BCUT2D eigenvalue weighted by Gasteiger charge is 2.13. The molecule has 0 unspecified atom stereocenters. The highest BCUT2D eigenvalue weighted by molar-refractivity contribution is 9.10.